The minimum Gasteiger partial charge on any atom is -0.507 e. The number of hydrogen-bond acceptors (Lipinski definition) is 3. The molecule has 3 nitrogen and oxygen atoms in total. The predicted octanol–water partition coefficient (Wildman–Crippen LogP) is 2.36. The summed E-state index contributed by atoms with van der Waals surface area (Å²) in [6.07, 6.45) is 2.92. The van der Waals surface area contributed by atoms with Gasteiger partial charge in [-0.25, -0.2) is 4.98 Å². The van der Waals surface area contributed by atoms with Gasteiger partial charge in [0.15, 0.2) is 12.2 Å². The summed E-state index contributed by atoms with van der Waals surface area (Å²) in [5.74, 6) is 0.795. The van der Waals surface area contributed by atoms with Crippen LogP contribution in [-0.2, 0) is 0 Å². The van der Waals surface area contributed by atoms with Gasteiger partial charge < -0.3 is 9.52 Å². The van der Waals surface area contributed by atoms with Gasteiger partial charge in [0.05, 0.1) is 11.8 Å². The second kappa shape index (κ2) is 2.94. The first-order chi connectivity index (χ1) is 6.27. The summed E-state index contributed by atoms with van der Waals surface area (Å²) in [7, 11) is 0. The van der Waals surface area contributed by atoms with Crippen LogP contribution in [0.15, 0.2) is 35.2 Å². The fourth-order valence-corrected chi connectivity index (χ4v) is 1.20. The smallest absolute Gasteiger partial charge is 0.181 e. The van der Waals surface area contributed by atoms with Crippen LogP contribution in [0, 0.1) is 6.92 Å². The molecule has 66 valence electrons. The molecular formula is C10H9NO2. The van der Waals surface area contributed by atoms with Gasteiger partial charge in [-0.3, -0.25) is 0 Å². The number of rotatable bonds is 1. The average Bonchev–Trinajstić information content (AvgIpc) is 2.61. The highest BCUT2D eigenvalue weighted by Crippen LogP contribution is 2.29. The van der Waals surface area contributed by atoms with Gasteiger partial charge in [-0.2, -0.15) is 0 Å². The number of aryl methyl sites for hydroxylation is 1. The summed E-state index contributed by atoms with van der Waals surface area (Å²) in [4.78, 5) is 3.79. The van der Waals surface area contributed by atoms with E-state index in [0.717, 1.165) is 5.56 Å². The van der Waals surface area contributed by atoms with Gasteiger partial charge in [-0.15, -0.1) is 0 Å². The Morgan fingerprint density at radius 1 is 1.38 bits per heavy atom. The van der Waals surface area contributed by atoms with Crippen LogP contribution >= 0.6 is 0 Å². The molecule has 0 atom stereocenters. The van der Waals surface area contributed by atoms with E-state index in [1.54, 1.807) is 12.3 Å². The maximum atomic E-state index is 9.52. The lowest BCUT2D eigenvalue weighted by Crippen LogP contribution is -1.78. The summed E-state index contributed by atoms with van der Waals surface area (Å²) < 4.78 is 5.08. The molecule has 0 aliphatic rings. The predicted molar refractivity (Wildman–Crippen MR) is 48.3 cm³/mol. The zero-order valence-corrected chi connectivity index (χ0v) is 7.19. The lowest BCUT2D eigenvalue weighted by molar-refractivity contribution is 0.473. The van der Waals surface area contributed by atoms with E-state index < -0.39 is 0 Å². The Bertz CT molecular complexity index is 407. The SMILES string of the molecule is Cc1ccc(O)c(-c2cnco2)c1. The maximum absolute atomic E-state index is 9.52. The van der Waals surface area contributed by atoms with Crippen LogP contribution in [0.5, 0.6) is 5.75 Å². The van der Waals surface area contributed by atoms with Crippen molar-refractivity contribution in [3.05, 3.63) is 36.4 Å². The molecule has 2 aromatic rings. The standard InChI is InChI=1S/C10H9NO2/c1-7-2-3-9(12)8(4-7)10-5-11-6-13-10/h2-6,12H,1H3. The van der Waals surface area contributed by atoms with Crippen molar-refractivity contribution in [2.24, 2.45) is 0 Å². The third-order valence-electron chi connectivity index (χ3n) is 1.85. The molecule has 1 heterocycles. The second-order valence-corrected chi connectivity index (χ2v) is 2.89. The molecule has 1 aromatic heterocycles. The first-order valence-corrected chi connectivity index (χ1v) is 3.96. The molecule has 2 rings (SSSR count). The van der Waals surface area contributed by atoms with Crippen molar-refractivity contribution < 1.29 is 9.52 Å². The highest BCUT2D eigenvalue weighted by molar-refractivity contribution is 5.65. The number of hydrogen-bond donors (Lipinski definition) is 1. The molecule has 0 radical (unpaired) electrons. The van der Waals surface area contributed by atoms with Crippen molar-refractivity contribution >= 4 is 0 Å². The van der Waals surface area contributed by atoms with E-state index in [0.29, 0.717) is 11.3 Å². The van der Waals surface area contributed by atoms with Crippen molar-refractivity contribution in [3.8, 4) is 17.1 Å². The van der Waals surface area contributed by atoms with Crippen LogP contribution in [0.3, 0.4) is 0 Å². The van der Waals surface area contributed by atoms with Gasteiger partial charge in [0.2, 0.25) is 0 Å². The van der Waals surface area contributed by atoms with Crippen molar-refractivity contribution in [1.82, 2.24) is 4.98 Å². The Labute approximate surface area is 75.7 Å². The third kappa shape index (κ3) is 1.40. The Hall–Kier alpha value is -1.77. The Morgan fingerprint density at radius 3 is 2.92 bits per heavy atom. The Kier molecular flexibility index (Phi) is 1.77. The summed E-state index contributed by atoms with van der Waals surface area (Å²) in [6.45, 7) is 1.96. The van der Waals surface area contributed by atoms with Crippen LogP contribution < -0.4 is 0 Å². The van der Waals surface area contributed by atoms with E-state index in [9.17, 15) is 5.11 Å². The van der Waals surface area contributed by atoms with Crippen molar-refractivity contribution in [1.29, 1.82) is 0 Å². The molecule has 0 aliphatic heterocycles. The van der Waals surface area contributed by atoms with E-state index in [1.807, 2.05) is 19.1 Å². The molecule has 13 heavy (non-hydrogen) atoms. The van der Waals surface area contributed by atoms with Gasteiger partial charge in [-0.05, 0) is 19.1 Å². The summed E-state index contributed by atoms with van der Waals surface area (Å²) >= 11 is 0. The van der Waals surface area contributed by atoms with E-state index in [2.05, 4.69) is 4.98 Å². The molecule has 1 aromatic carbocycles. The molecule has 0 saturated carbocycles. The van der Waals surface area contributed by atoms with Crippen molar-refractivity contribution in [2.75, 3.05) is 0 Å². The fourth-order valence-electron chi connectivity index (χ4n) is 1.20. The lowest BCUT2D eigenvalue weighted by atomic mass is 10.1. The zero-order valence-electron chi connectivity index (χ0n) is 7.19. The minimum atomic E-state index is 0.211. The number of benzene rings is 1. The number of aromatic hydroxyl groups is 1. The molecule has 0 fully saturated rings. The van der Waals surface area contributed by atoms with Crippen LogP contribution in [0.2, 0.25) is 0 Å². The average molecular weight is 175 g/mol. The lowest BCUT2D eigenvalue weighted by Gasteiger charge is -2.01. The monoisotopic (exact) mass is 175 g/mol. The first-order valence-electron chi connectivity index (χ1n) is 3.96. The molecule has 3 heteroatoms. The van der Waals surface area contributed by atoms with Gasteiger partial charge in [0, 0.05) is 0 Å². The van der Waals surface area contributed by atoms with Gasteiger partial charge in [0.1, 0.15) is 5.75 Å². The summed E-state index contributed by atoms with van der Waals surface area (Å²) in [6, 6.07) is 5.35. The Morgan fingerprint density at radius 2 is 2.23 bits per heavy atom. The van der Waals surface area contributed by atoms with E-state index in [-0.39, 0.29) is 5.75 Å². The van der Waals surface area contributed by atoms with Crippen molar-refractivity contribution in [3.63, 3.8) is 0 Å². The van der Waals surface area contributed by atoms with E-state index in [1.165, 1.54) is 6.39 Å². The van der Waals surface area contributed by atoms with Crippen LogP contribution in [-0.4, -0.2) is 10.1 Å². The molecule has 0 unspecified atom stereocenters. The van der Waals surface area contributed by atoms with Crippen LogP contribution in [0.1, 0.15) is 5.56 Å². The molecule has 0 amide bonds. The normalized spacial score (nSPS) is 10.2. The molecule has 0 saturated heterocycles. The van der Waals surface area contributed by atoms with E-state index in [4.69, 9.17) is 4.42 Å². The molecule has 0 spiro atoms. The minimum absolute atomic E-state index is 0.211. The van der Waals surface area contributed by atoms with Crippen LogP contribution in [0.25, 0.3) is 11.3 Å². The largest absolute Gasteiger partial charge is 0.507 e. The maximum Gasteiger partial charge on any atom is 0.181 e. The fraction of sp³-hybridized carbons (Fsp3) is 0.100. The zero-order chi connectivity index (χ0) is 9.26. The number of phenols is 1. The number of aromatic nitrogens is 1. The first kappa shape index (κ1) is 7.86. The van der Waals surface area contributed by atoms with Gasteiger partial charge in [-0.1, -0.05) is 11.6 Å². The molecule has 0 aliphatic carbocycles. The number of nitrogens with zero attached hydrogens (tertiary/aromatic N) is 1. The van der Waals surface area contributed by atoms with Crippen molar-refractivity contribution in [2.45, 2.75) is 6.92 Å². The van der Waals surface area contributed by atoms with Gasteiger partial charge >= 0.3 is 0 Å². The molecule has 0 bridgehead atoms. The molecule has 1 N–H and O–H groups in total. The van der Waals surface area contributed by atoms with Crippen LogP contribution in [0.4, 0.5) is 0 Å². The number of phenolic OH excluding ortho intramolecular Hbond substituents is 1. The second-order valence-electron chi connectivity index (χ2n) is 2.89. The van der Waals surface area contributed by atoms with Gasteiger partial charge in [0.25, 0.3) is 0 Å². The third-order valence-corrected chi connectivity index (χ3v) is 1.85. The highest BCUT2D eigenvalue weighted by atomic mass is 16.3. The summed E-state index contributed by atoms with van der Waals surface area (Å²) in [5.41, 5.74) is 1.75. The quantitative estimate of drug-likeness (QED) is 0.723. The number of oxazole rings is 1. The Balaban J connectivity index is 2.57. The topological polar surface area (TPSA) is 46.3 Å². The summed E-state index contributed by atoms with van der Waals surface area (Å²) in [5, 5.41) is 9.52. The van der Waals surface area contributed by atoms with E-state index >= 15 is 0 Å². The highest BCUT2D eigenvalue weighted by Gasteiger charge is 2.06. The molecular weight excluding hydrogens is 166 g/mol.